The first-order valence-electron chi connectivity index (χ1n) is 8.71. The molecule has 7 heteroatoms. The van der Waals surface area contributed by atoms with E-state index in [-0.39, 0.29) is 0 Å². The summed E-state index contributed by atoms with van der Waals surface area (Å²) in [4.78, 5) is 14.5. The maximum Gasteiger partial charge on any atom is 0.227 e. The molecule has 1 aromatic carbocycles. The summed E-state index contributed by atoms with van der Waals surface area (Å²) in [5.74, 6) is 1.20. The Morgan fingerprint density at radius 3 is 2.62 bits per heavy atom. The van der Waals surface area contributed by atoms with Gasteiger partial charge in [0, 0.05) is 37.7 Å². The van der Waals surface area contributed by atoms with Crippen LogP contribution in [0.15, 0.2) is 42.7 Å². The maximum absolute atomic E-state index is 5.10. The summed E-state index contributed by atoms with van der Waals surface area (Å²) in [5.41, 5.74) is 3.39. The van der Waals surface area contributed by atoms with E-state index in [4.69, 9.17) is 9.72 Å². The molecule has 0 unspecified atom stereocenters. The van der Waals surface area contributed by atoms with E-state index in [1.165, 1.54) is 29.0 Å². The number of hydrogen-bond donors (Lipinski definition) is 2. The lowest BCUT2D eigenvalue weighted by molar-refractivity contribution is 0.211. The topological polar surface area (TPSA) is 72.0 Å². The molecule has 1 fully saturated rings. The van der Waals surface area contributed by atoms with Crippen LogP contribution in [0.2, 0.25) is 0 Å². The summed E-state index contributed by atoms with van der Waals surface area (Å²) in [6.45, 7) is 1.45. The molecule has 1 aliphatic rings. The molecule has 0 radical (unpaired) electrons. The van der Waals surface area contributed by atoms with Gasteiger partial charge in [-0.25, -0.2) is 15.0 Å². The van der Waals surface area contributed by atoms with Gasteiger partial charge in [-0.05, 0) is 36.6 Å². The van der Waals surface area contributed by atoms with Gasteiger partial charge < -0.3 is 15.4 Å². The second kappa shape index (κ2) is 7.80. The molecule has 0 spiro atoms. The van der Waals surface area contributed by atoms with Gasteiger partial charge in [0.2, 0.25) is 5.95 Å². The molecule has 0 amide bonds. The van der Waals surface area contributed by atoms with Crippen LogP contribution in [0.5, 0.6) is 0 Å². The largest absolute Gasteiger partial charge is 0.383 e. The third-order valence-corrected chi connectivity index (χ3v) is 5.25. The van der Waals surface area contributed by atoms with Crippen molar-refractivity contribution in [3.05, 3.63) is 48.4 Å². The molecule has 3 aromatic rings. The molecular weight excluding hydrogens is 346 g/mol. The highest BCUT2D eigenvalue weighted by molar-refractivity contribution is 7.19. The second-order valence-corrected chi connectivity index (χ2v) is 7.20. The molecule has 0 saturated heterocycles. The zero-order valence-corrected chi connectivity index (χ0v) is 15.4. The molecule has 2 aromatic heterocycles. The average Bonchev–Trinajstić information content (AvgIpc) is 3.44. The first-order valence-corrected chi connectivity index (χ1v) is 9.53. The van der Waals surface area contributed by atoms with Crippen LogP contribution in [0.3, 0.4) is 0 Å². The Morgan fingerprint density at radius 1 is 1.15 bits per heavy atom. The molecule has 6 nitrogen and oxygen atoms in total. The zero-order valence-electron chi connectivity index (χ0n) is 14.6. The fourth-order valence-electron chi connectivity index (χ4n) is 2.71. The van der Waals surface area contributed by atoms with E-state index in [1.54, 1.807) is 36.9 Å². The number of thiazole rings is 1. The fourth-order valence-corrected chi connectivity index (χ4v) is 3.79. The maximum atomic E-state index is 5.10. The van der Waals surface area contributed by atoms with E-state index >= 15 is 0 Å². The Bertz CT molecular complexity index is 846. The van der Waals surface area contributed by atoms with Gasteiger partial charge >= 0.3 is 0 Å². The number of ether oxygens (including phenoxy) is 1. The first-order chi connectivity index (χ1) is 12.8. The smallest absolute Gasteiger partial charge is 0.227 e. The third kappa shape index (κ3) is 4.00. The molecule has 4 rings (SSSR count). The summed E-state index contributed by atoms with van der Waals surface area (Å²) in [5, 5.41) is 7.54. The van der Waals surface area contributed by atoms with Crippen LogP contribution in [-0.4, -0.2) is 35.2 Å². The van der Waals surface area contributed by atoms with Gasteiger partial charge in [-0.15, -0.1) is 0 Å². The van der Waals surface area contributed by atoms with Gasteiger partial charge in [-0.3, -0.25) is 0 Å². The second-order valence-electron chi connectivity index (χ2n) is 6.20. The van der Waals surface area contributed by atoms with E-state index in [9.17, 15) is 0 Å². The molecule has 0 bridgehead atoms. The number of methoxy groups -OCH3 is 1. The van der Waals surface area contributed by atoms with Crippen molar-refractivity contribution in [1.82, 2.24) is 15.0 Å². The Morgan fingerprint density at radius 2 is 1.92 bits per heavy atom. The van der Waals surface area contributed by atoms with E-state index in [1.807, 2.05) is 0 Å². The van der Waals surface area contributed by atoms with Crippen molar-refractivity contribution in [1.29, 1.82) is 0 Å². The van der Waals surface area contributed by atoms with Gasteiger partial charge in [0.05, 0.1) is 17.2 Å². The third-order valence-electron chi connectivity index (χ3n) is 4.17. The minimum absolute atomic E-state index is 0.598. The van der Waals surface area contributed by atoms with Crippen molar-refractivity contribution in [2.75, 3.05) is 30.9 Å². The summed E-state index contributed by atoms with van der Waals surface area (Å²) in [6, 6.07) is 10.2. The number of benzene rings is 1. The molecule has 2 heterocycles. The summed E-state index contributed by atoms with van der Waals surface area (Å²) in [6.07, 6.45) is 5.92. The van der Waals surface area contributed by atoms with E-state index in [0.29, 0.717) is 18.5 Å². The quantitative estimate of drug-likeness (QED) is 0.579. The van der Waals surface area contributed by atoms with E-state index < -0.39 is 0 Å². The van der Waals surface area contributed by atoms with Crippen LogP contribution < -0.4 is 10.6 Å². The molecule has 0 aliphatic heterocycles. The van der Waals surface area contributed by atoms with E-state index in [2.05, 4.69) is 44.9 Å². The molecule has 134 valence electrons. The number of anilines is 3. The standard InChI is InChI=1S/C19H21N5OS/c1-25-12-11-22-19-24-16(13-3-4-13)17(26-19)14-5-7-15(8-6-14)23-18-20-9-2-10-21-18/h2,5-10,13H,3-4,11-12H2,1H3,(H,22,24)(H,20,21,23). The first kappa shape index (κ1) is 16.9. The molecule has 1 aliphatic carbocycles. The Kier molecular flexibility index (Phi) is 5.08. The molecule has 0 atom stereocenters. The summed E-state index contributed by atoms with van der Waals surface area (Å²) in [7, 11) is 1.71. The highest BCUT2D eigenvalue weighted by Gasteiger charge is 2.30. The van der Waals surface area contributed by atoms with Crippen molar-refractivity contribution in [2.24, 2.45) is 0 Å². The monoisotopic (exact) mass is 367 g/mol. The highest BCUT2D eigenvalue weighted by Crippen LogP contribution is 2.47. The summed E-state index contributed by atoms with van der Waals surface area (Å²) >= 11 is 1.72. The van der Waals surface area contributed by atoms with Crippen molar-refractivity contribution >= 4 is 28.1 Å². The number of aromatic nitrogens is 3. The SMILES string of the molecule is COCCNc1nc(C2CC2)c(-c2ccc(Nc3ncccn3)cc2)s1. The predicted molar refractivity (Wildman–Crippen MR) is 105 cm³/mol. The molecule has 1 saturated carbocycles. The minimum Gasteiger partial charge on any atom is -0.383 e. The number of rotatable bonds is 8. The normalized spacial score (nSPS) is 13.6. The lowest BCUT2D eigenvalue weighted by Crippen LogP contribution is -2.07. The van der Waals surface area contributed by atoms with Gasteiger partial charge in [0.25, 0.3) is 0 Å². The molecular formula is C19H21N5OS. The number of nitrogens with zero attached hydrogens (tertiary/aromatic N) is 3. The van der Waals surface area contributed by atoms with Gasteiger partial charge in [0.1, 0.15) is 0 Å². The van der Waals surface area contributed by atoms with Crippen LogP contribution >= 0.6 is 11.3 Å². The Hall–Kier alpha value is -2.51. The minimum atomic E-state index is 0.598. The Balaban J connectivity index is 1.53. The number of hydrogen-bond acceptors (Lipinski definition) is 7. The lowest BCUT2D eigenvalue weighted by atomic mass is 10.1. The van der Waals surface area contributed by atoms with Crippen molar-refractivity contribution < 1.29 is 4.74 Å². The van der Waals surface area contributed by atoms with Crippen LogP contribution in [0.25, 0.3) is 10.4 Å². The number of nitrogens with one attached hydrogen (secondary N) is 2. The van der Waals surface area contributed by atoms with Crippen molar-refractivity contribution in [3.63, 3.8) is 0 Å². The van der Waals surface area contributed by atoms with Crippen LogP contribution in [0.1, 0.15) is 24.5 Å². The molecule has 2 N–H and O–H groups in total. The van der Waals surface area contributed by atoms with Gasteiger partial charge in [0.15, 0.2) is 5.13 Å². The Labute approximate surface area is 156 Å². The zero-order chi connectivity index (χ0) is 17.8. The highest BCUT2D eigenvalue weighted by atomic mass is 32.1. The average molecular weight is 367 g/mol. The lowest BCUT2D eigenvalue weighted by Gasteiger charge is -2.06. The predicted octanol–water partition coefficient (Wildman–Crippen LogP) is 4.28. The van der Waals surface area contributed by atoms with Crippen LogP contribution in [0.4, 0.5) is 16.8 Å². The van der Waals surface area contributed by atoms with Gasteiger partial charge in [-0.2, -0.15) is 0 Å². The van der Waals surface area contributed by atoms with Crippen molar-refractivity contribution in [3.8, 4) is 10.4 Å². The van der Waals surface area contributed by atoms with Gasteiger partial charge in [-0.1, -0.05) is 23.5 Å². The fraction of sp³-hybridized carbons (Fsp3) is 0.316. The summed E-state index contributed by atoms with van der Waals surface area (Å²) < 4.78 is 5.10. The van der Waals surface area contributed by atoms with Crippen LogP contribution in [-0.2, 0) is 4.74 Å². The van der Waals surface area contributed by atoms with E-state index in [0.717, 1.165) is 17.4 Å². The van der Waals surface area contributed by atoms with Crippen LogP contribution in [0, 0.1) is 0 Å². The van der Waals surface area contributed by atoms with Crippen molar-refractivity contribution in [2.45, 2.75) is 18.8 Å². The molecule has 26 heavy (non-hydrogen) atoms.